The Labute approximate surface area is 81.1 Å². The van der Waals surface area contributed by atoms with Crippen molar-refractivity contribution in [3.05, 3.63) is 0 Å². The van der Waals surface area contributed by atoms with Gasteiger partial charge in [0, 0.05) is 18.9 Å². The highest BCUT2D eigenvalue weighted by Gasteiger charge is 2.41. The van der Waals surface area contributed by atoms with Crippen LogP contribution < -0.4 is 0 Å². The Hall–Kier alpha value is -0.320. The van der Waals surface area contributed by atoms with Crippen molar-refractivity contribution >= 4 is 17.6 Å². The predicted molar refractivity (Wildman–Crippen MR) is 46.6 cm³/mol. The lowest BCUT2D eigenvalue weighted by molar-refractivity contribution is -0.138. The van der Waals surface area contributed by atoms with Gasteiger partial charge in [0.15, 0.2) is 0 Å². The zero-order valence-corrected chi connectivity index (χ0v) is 7.81. The minimum Gasteiger partial charge on any atom is -0.481 e. The van der Waals surface area contributed by atoms with Gasteiger partial charge in [0.1, 0.15) is 0 Å². The largest absolute Gasteiger partial charge is 0.481 e. The van der Waals surface area contributed by atoms with Crippen LogP contribution in [-0.2, 0) is 4.79 Å². The molecule has 76 valence electrons. The SMILES string of the molecule is O=C(O)C[C@H]1C[C@H](Cl)[C@@H](O)[C@@H]1CO. The second-order valence-corrected chi connectivity index (χ2v) is 4.01. The molecule has 1 saturated carbocycles. The maximum absolute atomic E-state index is 10.4. The number of alkyl halides is 1. The molecule has 0 unspecified atom stereocenters. The Morgan fingerprint density at radius 1 is 1.54 bits per heavy atom. The van der Waals surface area contributed by atoms with Crippen LogP contribution in [0.1, 0.15) is 12.8 Å². The first-order chi connectivity index (χ1) is 6.06. The van der Waals surface area contributed by atoms with Gasteiger partial charge in [-0.2, -0.15) is 0 Å². The van der Waals surface area contributed by atoms with Crippen molar-refractivity contribution in [3.63, 3.8) is 0 Å². The molecule has 13 heavy (non-hydrogen) atoms. The zero-order chi connectivity index (χ0) is 10.0. The highest BCUT2D eigenvalue weighted by Crippen LogP contribution is 2.37. The minimum absolute atomic E-state index is 0.0362. The van der Waals surface area contributed by atoms with Gasteiger partial charge >= 0.3 is 5.97 Å². The summed E-state index contributed by atoms with van der Waals surface area (Å²) in [5.74, 6) is -1.51. The smallest absolute Gasteiger partial charge is 0.303 e. The van der Waals surface area contributed by atoms with E-state index >= 15 is 0 Å². The first-order valence-corrected chi connectivity index (χ1v) is 4.64. The number of carboxylic acids is 1. The van der Waals surface area contributed by atoms with Crippen LogP contribution in [0.2, 0.25) is 0 Å². The summed E-state index contributed by atoms with van der Waals surface area (Å²) in [6.07, 6.45) is -0.359. The Bertz CT molecular complexity index is 197. The molecule has 0 amide bonds. The average molecular weight is 209 g/mol. The van der Waals surface area contributed by atoms with Crippen molar-refractivity contribution in [1.82, 2.24) is 0 Å². The number of halogens is 1. The number of carboxylic acid groups (broad SMARTS) is 1. The lowest BCUT2D eigenvalue weighted by Crippen LogP contribution is -2.27. The molecule has 4 atom stereocenters. The normalized spacial score (nSPS) is 39.3. The summed E-state index contributed by atoms with van der Waals surface area (Å²) in [5, 5.41) is 26.5. The fraction of sp³-hybridized carbons (Fsp3) is 0.875. The summed E-state index contributed by atoms with van der Waals surface area (Å²) in [4.78, 5) is 10.4. The summed E-state index contributed by atoms with van der Waals surface area (Å²) < 4.78 is 0. The minimum atomic E-state index is -0.915. The van der Waals surface area contributed by atoms with Gasteiger partial charge in [-0.25, -0.2) is 0 Å². The molecular weight excluding hydrogens is 196 g/mol. The molecule has 0 aromatic carbocycles. The fourth-order valence-corrected chi connectivity index (χ4v) is 2.28. The Morgan fingerprint density at radius 2 is 2.15 bits per heavy atom. The average Bonchev–Trinajstić information content (AvgIpc) is 2.27. The molecule has 0 saturated heterocycles. The van der Waals surface area contributed by atoms with Crippen LogP contribution >= 0.6 is 11.6 Å². The second kappa shape index (κ2) is 4.26. The quantitative estimate of drug-likeness (QED) is 0.573. The monoisotopic (exact) mass is 208 g/mol. The van der Waals surface area contributed by atoms with Crippen molar-refractivity contribution < 1.29 is 20.1 Å². The van der Waals surface area contributed by atoms with Crippen LogP contribution in [-0.4, -0.2) is 39.4 Å². The maximum atomic E-state index is 10.4. The predicted octanol–water partition coefficient (Wildman–Crippen LogP) is 0.0578. The van der Waals surface area contributed by atoms with E-state index in [0.717, 1.165) is 0 Å². The molecular formula is C8H13ClO4. The molecule has 0 heterocycles. The van der Waals surface area contributed by atoms with Crippen LogP contribution in [0.5, 0.6) is 0 Å². The van der Waals surface area contributed by atoms with Gasteiger partial charge in [-0.1, -0.05) is 0 Å². The Balaban J connectivity index is 2.59. The molecule has 4 nitrogen and oxygen atoms in total. The molecule has 5 heteroatoms. The van der Waals surface area contributed by atoms with Crippen molar-refractivity contribution in [1.29, 1.82) is 0 Å². The number of hydrogen-bond donors (Lipinski definition) is 3. The van der Waals surface area contributed by atoms with Crippen LogP contribution in [0.15, 0.2) is 0 Å². The lowest BCUT2D eigenvalue weighted by Gasteiger charge is -2.17. The summed E-state index contributed by atoms with van der Waals surface area (Å²) in [6.45, 7) is -0.206. The standard InChI is InChI=1S/C8H13ClO4/c9-6-1-4(2-7(11)12)5(3-10)8(6)13/h4-6,8,10,13H,1-3H2,(H,11,12)/t4-,5-,6+,8+/m1/s1. The molecule has 0 aromatic heterocycles. The topological polar surface area (TPSA) is 77.8 Å². The van der Waals surface area contributed by atoms with E-state index in [1.165, 1.54) is 0 Å². The van der Waals surface area contributed by atoms with E-state index in [0.29, 0.717) is 6.42 Å². The van der Waals surface area contributed by atoms with Crippen molar-refractivity contribution in [2.24, 2.45) is 11.8 Å². The molecule has 1 fully saturated rings. The third-order valence-electron chi connectivity index (χ3n) is 2.59. The number of aliphatic hydroxyl groups is 2. The summed E-state index contributed by atoms with van der Waals surface area (Å²) in [6, 6.07) is 0. The van der Waals surface area contributed by atoms with Crippen LogP contribution in [0.25, 0.3) is 0 Å². The molecule has 3 N–H and O–H groups in total. The summed E-state index contributed by atoms with van der Waals surface area (Å²) >= 11 is 5.76. The Kier molecular flexibility index (Phi) is 3.53. The highest BCUT2D eigenvalue weighted by atomic mass is 35.5. The third kappa shape index (κ3) is 2.33. The molecule has 0 spiro atoms. The number of hydrogen-bond acceptors (Lipinski definition) is 3. The van der Waals surface area contributed by atoms with E-state index < -0.39 is 23.4 Å². The van der Waals surface area contributed by atoms with Crippen LogP contribution in [0.3, 0.4) is 0 Å². The van der Waals surface area contributed by atoms with Crippen molar-refractivity contribution in [3.8, 4) is 0 Å². The van der Waals surface area contributed by atoms with Gasteiger partial charge < -0.3 is 15.3 Å². The molecule has 1 aliphatic rings. The van der Waals surface area contributed by atoms with E-state index in [2.05, 4.69) is 0 Å². The van der Waals surface area contributed by atoms with E-state index in [1.807, 2.05) is 0 Å². The van der Waals surface area contributed by atoms with E-state index in [9.17, 15) is 9.90 Å². The molecule has 1 rings (SSSR count). The number of carbonyl (C=O) groups is 1. The van der Waals surface area contributed by atoms with Gasteiger partial charge in [0.25, 0.3) is 0 Å². The van der Waals surface area contributed by atoms with Gasteiger partial charge in [0.05, 0.1) is 11.5 Å². The van der Waals surface area contributed by atoms with Crippen molar-refractivity contribution in [2.45, 2.75) is 24.3 Å². The molecule has 0 aliphatic heterocycles. The molecule has 0 radical (unpaired) electrons. The van der Waals surface area contributed by atoms with E-state index in [-0.39, 0.29) is 18.9 Å². The van der Waals surface area contributed by atoms with E-state index in [1.54, 1.807) is 0 Å². The summed E-state index contributed by atoms with van der Waals surface area (Å²) in [5.41, 5.74) is 0. The maximum Gasteiger partial charge on any atom is 0.303 e. The number of aliphatic hydroxyl groups excluding tert-OH is 2. The number of aliphatic carboxylic acids is 1. The third-order valence-corrected chi connectivity index (χ3v) is 3.03. The van der Waals surface area contributed by atoms with Gasteiger partial charge in [0.2, 0.25) is 0 Å². The molecule has 0 bridgehead atoms. The van der Waals surface area contributed by atoms with Crippen LogP contribution in [0, 0.1) is 11.8 Å². The fourth-order valence-electron chi connectivity index (χ4n) is 1.87. The number of rotatable bonds is 3. The van der Waals surface area contributed by atoms with Crippen molar-refractivity contribution in [2.75, 3.05) is 6.61 Å². The Morgan fingerprint density at radius 3 is 2.62 bits per heavy atom. The first kappa shape index (κ1) is 10.8. The first-order valence-electron chi connectivity index (χ1n) is 4.21. The molecule has 1 aliphatic carbocycles. The molecule has 0 aromatic rings. The summed E-state index contributed by atoms with van der Waals surface area (Å²) in [7, 11) is 0. The van der Waals surface area contributed by atoms with Crippen LogP contribution in [0.4, 0.5) is 0 Å². The van der Waals surface area contributed by atoms with Gasteiger partial charge in [-0.05, 0) is 12.3 Å². The zero-order valence-electron chi connectivity index (χ0n) is 7.06. The highest BCUT2D eigenvalue weighted by molar-refractivity contribution is 6.21. The van der Waals surface area contributed by atoms with E-state index in [4.69, 9.17) is 21.8 Å². The second-order valence-electron chi connectivity index (χ2n) is 3.45. The lowest BCUT2D eigenvalue weighted by atomic mass is 9.93. The van der Waals surface area contributed by atoms with Gasteiger partial charge in [-0.3, -0.25) is 4.79 Å². The van der Waals surface area contributed by atoms with Gasteiger partial charge in [-0.15, -0.1) is 11.6 Å².